The smallest absolute Gasteiger partial charge is 0.315 e. The zero-order valence-corrected chi connectivity index (χ0v) is 12.3. The Hall–Kier alpha value is -2.42. The average molecular weight is 296 g/mol. The number of carbonyl (C=O) groups is 1. The molecule has 0 bridgehead atoms. The van der Waals surface area contributed by atoms with E-state index in [0.29, 0.717) is 17.7 Å². The van der Waals surface area contributed by atoms with Crippen molar-refractivity contribution in [2.45, 2.75) is 19.3 Å². The Bertz CT molecular complexity index is 689. The SMILES string of the molecule is CC[C@@H]1C(=O)OC(c2ccc(F)cc2)=C[C@H]1c1ccccc1. The quantitative estimate of drug-likeness (QED) is 0.778. The maximum absolute atomic E-state index is 13.1. The molecule has 0 aromatic heterocycles. The van der Waals surface area contributed by atoms with E-state index < -0.39 is 0 Å². The molecule has 3 rings (SSSR count). The fourth-order valence-corrected chi connectivity index (χ4v) is 2.84. The highest BCUT2D eigenvalue weighted by Crippen LogP contribution is 2.37. The van der Waals surface area contributed by atoms with Gasteiger partial charge in [-0.15, -0.1) is 0 Å². The maximum atomic E-state index is 13.1. The maximum Gasteiger partial charge on any atom is 0.315 e. The fourth-order valence-electron chi connectivity index (χ4n) is 2.84. The second-order valence-corrected chi connectivity index (χ2v) is 5.41. The number of carbonyl (C=O) groups excluding carboxylic acids is 1. The van der Waals surface area contributed by atoms with Gasteiger partial charge in [-0.2, -0.15) is 0 Å². The van der Waals surface area contributed by atoms with Crippen LogP contribution in [0.1, 0.15) is 30.4 Å². The fraction of sp³-hybridized carbons (Fsp3) is 0.211. The molecule has 0 radical (unpaired) electrons. The molecule has 1 heterocycles. The van der Waals surface area contributed by atoms with Gasteiger partial charge < -0.3 is 4.74 Å². The summed E-state index contributed by atoms with van der Waals surface area (Å²) in [5, 5.41) is 0. The van der Waals surface area contributed by atoms with Crippen molar-refractivity contribution in [3.05, 3.63) is 77.6 Å². The Balaban J connectivity index is 2.02. The van der Waals surface area contributed by atoms with Gasteiger partial charge in [-0.05, 0) is 42.3 Å². The number of benzene rings is 2. The largest absolute Gasteiger partial charge is 0.426 e. The van der Waals surface area contributed by atoms with Gasteiger partial charge in [-0.3, -0.25) is 4.79 Å². The molecule has 0 unspecified atom stereocenters. The van der Waals surface area contributed by atoms with Gasteiger partial charge in [-0.25, -0.2) is 4.39 Å². The van der Waals surface area contributed by atoms with E-state index in [1.54, 1.807) is 12.1 Å². The molecular weight excluding hydrogens is 279 g/mol. The van der Waals surface area contributed by atoms with Crippen molar-refractivity contribution in [1.82, 2.24) is 0 Å². The predicted molar refractivity (Wildman–Crippen MR) is 83.4 cm³/mol. The summed E-state index contributed by atoms with van der Waals surface area (Å²) in [6.45, 7) is 1.98. The third-order valence-corrected chi connectivity index (χ3v) is 4.03. The Labute approximate surface area is 129 Å². The minimum atomic E-state index is -0.308. The monoisotopic (exact) mass is 296 g/mol. The van der Waals surface area contributed by atoms with Crippen LogP contribution in [0.5, 0.6) is 0 Å². The molecular formula is C19H17FO2. The van der Waals surface area contributed by atoms with Gasteiger partial charge in [0.15, 0.2) is 0 Å². The first-order chi connectivity index (χ1) is 10.7. The van der Waals surface area contributed by atoms with Crippen LogP contribution in [0, 0.1) is 11.7 Å². The number of ether oxygens (including phenoxy) is 1. The minimum absolute atomic E-state index is 0.0208. The van der Waals surface area contributed by atoms with E-state index in [9.17, 15) is 9.18 Å². The number of hydrogen-bond acceptors (Lipinski definition) is 2. The lowest BCUT2D eigenvalue weighted by Gasteiger charge is -2.28. The van der Waals surface area contributed by atoms with Gasteiger partial charge in [0.2, 0.25) is 0 Å². The summed E-state index contributed by atoms with van der Waals surface area (Å²) in [6, 6.07) is 15.9. The molecule has 0 saturated carbocycles. The zero-order valence-electron chi connectivity index (χ0n) is 12.3. The first-order valence-electron chi connectivity index (χ1n) is 7.43. The number of esters is 1. The van der Waals surface area contributed by atoms with Crippen molar-refractivity contribution < 1.29 is 13.9 Å². The summed E-state index contributed by atoms with van der Waals surface area (Å²) < 4.78 is 18.5. The van der Waals surface area contributed by atoms with Crippen molar-refractivity contribution >= 4 is 11.7 Å². The molecule has 0 amide bonds. The average Bonchev–Trinajstić information content (AvgIpc) is 2.55. The second kappa shape index (κ2) is 6.14. The van der Waals surface area contributed by atoms with Crippen LogP contribution in [0.25, 0.3) is 5.76 Å². The molecule has 0 N–H and O–H groups in total. The lowest BCUT2D eigenvalue weighted by molar-refractivity contribution is -0.142. The third kappa shape index (κ3) is 2.80. The highest BCUT2D eigenvalue weighted by atomic mass is 19.1. The van der Waals surface area contributed by atoms with Gasteiger partial charge in [0.25, 0.3) is 0 Å². The van der Waals surface area contributed by atoms with Crippen LogP contribution in [0.2, 0.25) is 0 Å². The summed E-state index contributed by atoms with van der Waals surface area (Å²) in [6.07, 6.45) is 2.68. The first-order valence-corrected chi connectivity index (χ1v) is 7.43. The van der Waals surface area contributed by atoms with E-state index in [4.69, 9.17) is 4.74 Å². The molecule has 2 nitrogen and oxygen atoms in total. The number of allylic oxidation sites excluding steroid dienone is 1. The van der Waals surface area contributed by atoms with E-state index >= 15 is 0 Å². The van der Waals surface area contributed by atoms with Crippen LogP contribution in [0.15, 0.2) is 60.7 Å². The minimum Gasteiger partial charge on any atom is -0.426 e. The standard InChI is InChI=1S/C19H17FO2/c1-2-16-17(13-6-4-3-5-7-13)12-18(22-19(16)21)14-8-10-15(20)11-9-14/h3-12,16-17H,2H2,1H3/t16-,17-/m0/s1. The van der Waals surface area contributed by atoms with E-state index in [1.807, 2.05) is 43.3 Å². The molecule has 22 heavy (non-hydrogen) atoms. The van der Waals surface area contributed by atoms with E-state index in [0.717, 1.165) is 5.56 Å². The number of halogens is 1. The molecule has 112 valence electrons. The summed E-state index contributed by atoms with van der Waals surface area (Å²) in [7, 11) is 0. The molecule has 0 spiro atoms. The van der Waals surface area contributed by atoms with Gasteiger partial charge >= 0.3 is 5.97 Å². The van der Waals surface area contributed by atoms with Crippen molar-refractivity contribution in [2.75, 3.05) is 0 Å². The summed E-state index contributed by atoms with van der Waals surface area (Å²) >= 11 is 0. The number of hydrogen-bond donors (Lipinski definition) is 0. The van der Waals surface area contributed by atoms with Crippen LogP contribution in [0.3, 0.4) is 0 Å². The van der Waals surface area contributed by atoms with E-state index in [-0.39, 0.29) is 23.6 Å². The summed E-state index contributed by atoms with van der Waals surface area (Å²) in [5.41, 5.74) is 1.80. The normalized spacial score (nSPS) is 21.2. The van der Waals surface area contributed by atoms with Crippen molar-refractivity contribution in [3.8, 4) is 0 Å². The lowest BCUT2D eigenvalue weighted by atomic mass is 9.82. The highest BCUT2D eigenvalue weighted by molar-refractivity contribution is 5.84. The van der Waals surface area contributed by atoms with E-state index in [1.165, 1.54) is 12.1 Å². The Morgan fingerprint density at radius 1 is 1.05 bits per heavy atom. The molecule has 0 fully saturated rings. The van der Waals surface area contributed by atoms with Crippen molar-refractivity contribution in [1.29, 1.82) is 0 Å². The molecule has 2 aromatic carbocycles. The Morgan fingerprint density at radius 3 is 2.36 bits per heavy atom. The van der Waals surface area contributed by atoms with Gasteiger partial charge in [-0.1, -0.05) is 37.3 Å². The van der Waals surface area contributed by atoms with Gasteiger partial charge in [0.05, 0.1) is 5.92 Å². The van der Waals surface area contributed by atoms with Crippen molar-refractivity contribution in [3.63, 3.8) is 0 Å². The number of rotatable bonds is 3. The van der Waals surface area contributed by atoms with Crippen LogP contribution in [-0.4, -0.2) is 5.97 Å². The second-order valence-electron chi connectivity index (χ2n) is 5.41. The lowest BCUT2D eigenvalue weighted by Crippen LogP contribution is -2.27. The molecule has 0 aliphatic carbocycles. The topological polar surface area (TPSA) is 26.3 Å². The Kier molecular flexibility index (Phi) is 4.05. The summed E-state index contributed by atoms with van der Waals surface area (Å²) in [4.78, 5) is 12.3. The van der Waals surface area contributed by atoms with Crippen LogP contribution < -0.4 is 0 Å². The highest BCUT2D eigenvalue weighted by Gasteiger charge is 2.33. The molecule has 2 atom stereocenters. The van der Waals surface area contributed by atoms with Crippen molar-refractivity contribution in [2.24, 2.45) is 5.92 Å². The third-order valence-electron chi connectivity index (χ3n) is 4.03. The molecule has 3 heteroatoms. The van der Waals surface area contributed by atoms with Crippen LogP contribution >= 0.6 is 0 Å². The molecule has 0 saturated heterocycles. The van der Waals surface area contributed by atoms with Gasteiger partial charge in [0.1, 0.15) is 11.6 Å². The number of cyclic esters (lactones) is 1. The van der Waals surface area contributed by atoms with Gasteiger partial charge in [0, 0.05) is 11.5 Å². The Morgan fingerprint density at radius 2 is 1.73 bits per heavy atom. The van der Waals surface area contributed by atoms with Crippen LogP contribution in [0.4, 0.5) is 4.39 Å². The molecule has 1 aliphatic heterocycles. The summed E-state index contributed by atoms with van der Waals surface area (Å²) in [5.74, 6) is -0.238. The van der Waals surface area contributed by atoms with E-state index in [2.05, 4.69) is 0 Å². The first kappa shape index (κ1) is 14.5. The zero-order chi connectivity index (χ0) is 15.5. The molecule has 2 aromatic rings. The van der Waals surface area contributed by atoms with Crippen LogP contribution in [-0.2, 0) is 9.53 Å². The molecule has 1 aliphatic rings. The predicted octanol–water partition coefficient (Wildman–Crippen LogP) is 4.53.